The molecule has 5 aromatic rings. The number of piperazine rings is 1. The van der Waals surface area contributed by atoms with Crippen LogP contribution in [0.3, 0.4) is 0 Å². The lowest BCUT2D eigenvalue weighted by Gasteiger charge is -2.52. The molecule has 5 aliphatic rings. The number of ether oxygens (including phenoxy) is 1. The molecule has 2 saturated carbocycles. The Morgan fingerprint density at radius 3 is 2.47 bits per heavy atom. The second kappa shape index (κ2) is 16.8. The maximum Gasteiger partial charge on any atom is 0.260 e. The van der Waals surface area contributed by atoms with E-state index in [2.05, 4.69) is 64.6 Å². The molecule has 0 unspecified atom stereocenters. The van der Waals surface area contributed by atoms with Crippen molar-refractivity contribution in [3.63, 3.8) is 0 Å². The third-order valence-corrected chi connectivity index (χ3v) is 13.8. The molecule has 0 radical (unpaired) electrons. The highest BCUT2D eigenvalue weighted by atomic mass is 16.5. The molecule has 3 aromatic carbocycles. The maximum absolute atomic E-state index is 13.2. The number of rotatable bonds is 12. The molecular weight excluding hydrogens is 785 g/mol. The standard InChI is InChI=1S/C47H52N10O5/c58-40-14-13-39(46(61)53-40)32-7-4-8-38(22-32)62-27-42(60)56-16-15-47(28-56)25-37(26-47)55-19-17-54(18-20-55)35-11-9-33(10-12-35)52-44-43-45(49-29-48-44)57(30-50-43)36-23-34(24-36)51-41(59)21-31-5-2-1-3-6-31/h1-12,22,29-30,34,36-37,39H,13-21,23-28H2,(H,51,59)(H,48,49,52)(H,53,58,61)/t34?,36?,37?,39-,47?/m0/s1. The van der Waals surface area contributed by atoms with Crippen molar-refractivity contribution in [3.8, 4) is 5.75 Å². The maximum atomic E-state index is 13.2. The number of hydrogen-bond acceptors (Lipinski definition) is 11. The minimum absolute atomic E-state index is 0.00554. The van der Waals surface area contributed by atoms with Crippen LogP contribution in [0.2, 0.25) is 0 Å². The first-order valence-corrected chi connectivity index (χ1v) is 22.0. The van der Waals surface area contributed by atoms with Crippen LogP contribution in [0.25, 0.3) is 11.2 Å². The van der Waals surface area contributed by atoms with Gasteiger partial charge in [-0.15, -0.1) is 0 Å². The SMILES string of the molecule is O=C1CC[C@@H](c2cccc(OCC(=O)N3CCC4(CC(N5CCN(c6ccc(Nc7ncnc8c7ncn8C7CC(NC(=O)Cc8ccccc8)C7)cc6)CC5)C4)C3)c2)C(=O)N1. The second-order valence-corrected chi connectivity index (χ2v) is 17.8. The van der Waals surface area contributed by atoms with E-state index in [1.807, 2.05) is 53.7 Å². The third-order valence-electron chi connectivity index (χ3n) is 13.8. The van der Waals surface area contributed by atoms with Gasteiger partial charge < -0.3 is 29.7 Å². The summed E-state index contributed by atoms with van der Waals surface area (Å²) >= 11 is 0. The molecule has 5 fully saturated rings. The van der Waals surface area contributed by atoms with E-state index in [1.54, 1.807) is 18.5 Å². The Balaban J connectivity index is 0.658. The van der Waals surface area contributed by atoms with E-state index in [4.69, 9.17) is 9.72 Å². The van der Waals surface area contributed by atoms with Crippen LogP contribution in [0.1, 0.15) is 68.0 Å². The molecule has 3 saturated heterocycles. The van der Waals surface area contributed by atoms with Crippen molar-refractivity contribution in [1.29, 1.82) is 0 Å². The van der Waals surface area contributed by atoms with Crippen LogP contribution in [-0.2, 0) is 25.6 Å². The number of hydrogen-bond donors (Lipinski definition) is 3. The van der Waals surface area contributed by atoms with Crippen molar-refractivity contribution in [1.82, 2.24) is 40.0 Å². The molecular formula is C47H52N10O5. The first-order valence-electron chi connectivity index (χ1n) is 22.0. The number of anilines is 3. The Morgan fingerprint density at radius 1 is 0.871 bits per heavy atom. The molecule has 5 heterocycles. The number of piperidine rings is 1. The van der Waals surface area contributed by atoms with Gasteiger partial charge in [0.05, 0.1) is 18.7 Å². The molecule has 320 valence electrons. The molecule has 15 heteroatoms. The van der Waals surface area contributed by atoms with Crippen LogP contribution >= 0.6 is 0 Å². The van der Waals surface area contributed by atoms with Gasteiger partial charge in [-0.2, -0.15) is 0 Å². The number of carbonyl (C=O) groups is 4. The van der Waals surface area contributed by atoms with E-state index in [9.17, 15) is 19.2 Å². The largest absolute Gasteiger partial charge is 0.484 e. The van der Waals surface area contributed by atoms with E-state index in [-0.39, 0.29) is 53.7 Å². The zero-order valence-corrected chi connectivity index (χ0v) is 34.7. The number of carbonyl (C=O) groups excluding carboxylic acids is 4. The number of aromatic nitrogens is 4. The molecule has 1 atom stereocenters. The van der Waals surface area contributed by atoms with Gasteiger partial charge in [-0.1, -0.05) is 42.5 Å². The van der Waals surface area contributed by atoms with Gasteiger partial charge in [0, 0.05) is 75.2 Å². The highest BCUT2D eigenvalue weighted by Gasteiger charge is 2.51. The van der Waals surface area contributed by atoms with Crippen LogP contribution in [-0.4, -0.2) is 111 Å². The Bertz CT molecular complexity index is 2460. The average molecular weight is 837 g/mol. The highest BCUT2D eigenvalue weighted by Crippen LogP contribution is 2.50. The number of fused-ring (bicyclic) bond motifs is 1. The topological polar surface area (TPSA) is 167 Å². The number of amides is 4. The summed E-state index contributed by atoms with van der Waals surface area (Å²) in [6.45, 7) is 5.46. The first-order chi connectivity index (χ1) is 30.2. The lowest BCUT2D eigenvalue weighted by atomic mass is 9.64. The summed E-state index contributed by atoms with van der Waals surface area (Å²) in [5.41, 5.74) is 5.64. The van der Waals surface area contributed by atoms with Crippen molar-refractivity contribution in [2.45, 2.75) is 75.4 Å². The monoisotopic (exact) mass is 836 g/mol. The quantitative estimate of drug-likeness (QED) is 0.149. The number of benzene rings is 3. The van der Waals surface area contributed by atoms with Crippen molar-refractivity contribution >= 4 is 52.0 Å². The number of likely N-dealkylation sites (tertiary alicyclic amines) is 1. The molecule has 2 aromatic heterocycles. The smallest absolute Gasteiger partial charge is 0.260 e. The van der Waals surface area contributed by atoms with Crippen molar-refractivity contribution in [2.24, 2.45) is 5.41 Å². The number of imide groups is 1. The normalized spacial score (nSPS) is 25.0. The third kappa shape index (κ3) is 8.33. The van der Waals surface area contributed by atoms with E-state index < -0.39 is 0 Å². The number of nitrogens with zero attached hydrogens (tertiary/aromatic N) is 7. The Kier molecular flexibility index (Phi) is 10.8. The highest BCUT2D eigenvalue weighted by molar-refractivity contribution is 6.01. The average Bonchev–Trinajstić information content (AvgIpc) is 3.91. The van der Waals surface area contributed by atoms with Gasteiger partial charge in [-0.05, 0) is 91.5 Å². The van der Waals surface area contributed by atoms with Crippen molar-refractivity contribution in [3.05, 3.63) is 103 Å². The van der Waals surface area contributed by atoms with E-state index >= 15 is 0 Å². The minimum atomic E-state index is -0.390. The molecule has 3 N–H and O–H groups in total. The summed E-state index contributed by atoms with van der Waals surface area (Å²) in [5.74, 6) is 0.350. The molecule has 10 rings (SSSR count). The predicted octanol–water partition coefficient (Wildman–Crippen LogP) is 4.73. The van der Waals surface area contributed by atoms with Gasteiger partial charge in [0.15, 0.2) is 23.6 Å². The van der Waals surface area contributed by atoms with Gasteiger partial charge in [-0.3, -0.25) is 29.4 Å². The van der Waals surface area contributed by atoms with Crippen LogP contribution in [0.5, 0.6) is 5.75 Å². The van der Waals surface area contributed by atoms with Gasteiger partial charge in [-0.25, -0.2) is 15.0 Å². The predicted molar refractivity (Wildman–Crippen MR) is 233 cm³/mol. The lowest BCUT2D eigenvalue weighted by Crippen LogP contribution is -2.57. The zero-order valence-electron chi connectivity index (χ0n) is 34.7. The second-order valence-electron chi connectivity index (χ2n) is 17.8. The Hall–Kier alpha value is -6.35. The molecule has 62 heavy (non-hydrogen) atoms. The fourth-order valence-electron chi connectivity index (χ4n) is 10.2. The fourth-order valence-corrected chi connectivity index (χ4v) is 10.2. The first kappa shape index (κ1) is 39.8. The van der Waals surface area contributed by atoms with E-state index in [0.29, 0.717) is 36.9 Å². The van der Waals surface area contributed by atoms with Crippen LogP contribution < -0.4 is 25.6 Å². The summed E-state index contributed by atoms with van der Waals surface area (Å²) in [5, 5.41) is 9.04. The van der Waals surface area contributed by atoms with Gasteiger partial charge in [0.2, 0.25) is 17.7 Å². The zero-order chi connectivity index (χ0) is 42.2. The molecule has 0 bridgehead atoms. The molecule has 3 aliphatic heterocycles. The molecule has 2 aliphatic carbocycles. The molecule has 4 amide bonds. The van der Waals surface area contributed by atoms with Crippen molar-refractivity contribution in [2.75, 3.05) is 56.1 Å². The minimum Gasteiger partial charge on any atom is -0.484 e. The van der Waals surface area contributed by atoms with Crippen LogP contribution in [0.15, 0.2) is 91.5 Å². The fraction of sp³-hybridized carbons (Fsp3) is 0.426. The number of nitrogens with one attached hydrogen (secondary N) is 3. The van der Waals surface area contributed by atoms with Crippen molar-refractivity contribution < 1.29 is 23.9 Å². The Labute approximate surface area is 360 Å². The molecule has 15 nitrogen and oxygen atoms in total. The summed E-state index contributed by atoms with van der Waals surface area (Å²) in [7, 11) is 0. The Morgan fingerprint density at radius 2 is 1.68 bits per heavy atom. The summed E-state index contributed by atoms with van der Waals surface area (Å²) < 4.78 is 8.01. The lowest BCUT2D eigenvalue weighted by molar-refractivity contribution is -0.135. The van der Waals surface area contributed by atoms with Crippen LogP contribution in [0.4, 0.5) is 17.2 Å². The van der Waals surface area contributed by atoms with E-state index in [1.165, 1.54) is 5.69 Å². The van der Waals surface area contributed by atoms with Gasteiger partial charge >= 0.3 is 0 Å². The molecule has 1 spiro atoms. The van der Waals surface area contributed by atoms with Gasteiger partial charge in [0.25, 0.3) is 5.91 Å². The van der Waals surface area contributed by atoms with E-state index in [0.717, 1.165) is 99.4 Å². The number of imidazole rings is 1. The summed E-state index contributed by atoms with van der Waals surface area (Å²) in [6.07, 6.45) is 9.53. The van der Waals surface area contributed by atoms with Gasteiger partial charge in [0.1, 0.15) is 12.1 Å². The summed E-state index contributed by atoms with van der Waals surface area (Å²) in [4.78, 5) is 70.5. The van der Waals surface area contributed by atoms with Crippen LogP contribution in [0, 0.1) is 5.41 Å². The summed E-state index contributed by atoms with van der Waals surface area (Å²) in [6, 6.07) is 26.5.